The summed E-state index contributed by atoms with van der Waals surface area (Å²) in [6, 6.07) is 5.69. The van der Waals surface area contributed by atoms with Crippen LogP contribution in [-0.2, 0) is 0 Å². The van der Waals surface area contributed by atoms with Crippen LogP contribution < -0.4 is 15.8 Å². The van der Waals surface area contributed by atoms with Crippen molar-refractivity contribution < 1.29 is 13.9 Å². The second kappa shape index (κ2) is 5.34. The van der Waals surface area contributed by atoms with Crippen LogP contribution in [0.5, 0.6) is 5.75 Å². The standard InChI is InChI=1S/C13H12FN3O2/c1-19-11-4-2-3-8(14)12(11)13(18)17-10-5-6-16-7-9(10)15/h2-7H,15H2,1H3,(H,16,17,18). The van der Waals surface area contributed by atoms with Crippen LogP contribution in [0.2, 0.25) is 0 Å². The Kier molecular flexibility index (Phi) is 3.61. The molecule has 19 heavy (non-hydrogen) atoms. The summed E-state index contributed by atoms with van der Waals surface area (Å²) in [5.41, 5.74) is 6.15. The number of ether oxygens (including phenoxy) is 1. The number of hydrogen-bond acceptors (Lipinski definition) is 4. The maximum absolute atomic E-state index is 13.7. The van der Waals surface area contributed by atoms with E-state index >= 15 is 0 Å². The number of aromatic nitrogens is 1. The first kappa shape index (κ1) is 12.8. The summed E-state index contributed by atoms with van der Waals surface area (Å²) in [5, 5.41) is 2.52. The number of rotatable bonds is 3. The molecule has 1 aromatic carbocycles. The number of benzene rings is 1. The SMILES string of the molecule is COc1cccc(F)c1C(=O)Nc1ccncc1N. The molecule has 0 radical (unpaired) electrons. The Morgan fingerprint density at radius 3 is 2.89 bits per heavy atom. The molecular weight excluding hydrogens is 249 g/mol. The van der Waals surface area contributed by atoms with Crippen molar-refractivity contribution in [3.05, 3.63) is 48.0 Å². The monoisotopic (exact) mass is 261 g/mol. The Morgan fingerprint density at radius 2 is 2.21 bits per heavy atom. The van der Waals surface area contributed by atoms with E-state index < -0.39 is 11.7 Å². The molecule has 0 saturated carbocycles. The molecule has 2 rings (SSSR count). The van der Waals surface area contributed by atoms with Gasteiger partial charge in [0, 0.05) is 6.20 Å². The highest BCUT2D eigenvalue weighted by molar-refractivity contribution is 6.07. The molecule has 3 N–H and O–H groups in total. The maximum Gasteiger partial charge on any atom is 0.262 e. The molecule has 0 aliphatic heterocycles. The number of carbonyl (C=O) groups excluding carboxylic acids is 1. The molecule has 0 atom stereocenters. The van der Waals surface area contributed by atoms with Crippen LogP contribution in [0.3, 0.4) is 0 Å². The van der Waals surface area contributed by atoms with Gasteiger partial charge in [-0.3, -0.25) is 9.78 Å². The topological polar surface area (TPSA) is 77.2 Å². The van der Waals surface area contributed by atoms with Crippen molar-refractivity contribution in [2.45, 2.75) is 0 Å². The second-order valence-electron chi connectivity index (χ2n) is 3.73. The summed E-state index contributed by atoms with van der Waals surface area (Å²) in [7, 11) is 1.37. The van der Waals surface area contributed by atoms with Gasteiger partial charge in [0.05, 0.1) is 24.7 Å². The van der Waals surface area contributed by atoms with E-state index in [4.69, 9.17) is 10.5 Å². The maximum atomic E-state index is 13.7. The van der Waals surface area contributed by atoms with E-state index in [0.717, 1.165) is 0 Å². The van der Waals surface area contributed by atoms with Gasteiger partial charge in [-0.05, 0) is 18.2 Å². The number of nitrogens with zero attached hydrogens (tertiary/aromatic N) is 1. The van der Waals surface area contributed by atoms with Crippen LogP contribution >= 0.6 is 0 Å². The van der Waals surface area contributed by atoms with E-state index in [1.807, 2.05) is 0 Å². The highest BCUT2D eigenvalue weighted by Gasteiger charge is 2.18. The van der Waals surface area contributed by atoms with E-state index in [-0.39, 0.29) is 11.3 Å². The molecule has 0 saturated heterocycles. The normalized spacial score (nSPS) is 10.0. The number of amides is 1. The minimum atomic E-state index is -0.663. The predicted octanol–water partition coefficient (Wildman–Crippen LogP) is 2.06. The first-order valence-electron chi connectivity index (χ1n) is 5.47. The van der Waals surface area contributed by atoms with Gasteiger partial charge in [-0.1, -0.05) is 6.07 Å². The predicted molar refractivity (Wildman–Crippen MR) is 69.6 cm³/mol. The van der Waals surface area contributed by atoms with Crippen LogP contribution in [0.25, 0.3) is 0 Å². The number of methoxy groups -OCH3 is 1. The lowest BCUT2D eigenvalue weighted by atomic mass is 10.1. The largest absolute Gasteiger partial charge is 0.496 e. The lowest BCUT2D eigenvalue weighted by Gasteiger charge is -2.11. The highest BCUT2D eigenvalue weighted by atomic mass is 19.1. The van der Waals surface area contributed by atoms with E-state index in [2.05, 4.69) is 10.3 Å². The van der Waals surface area contributed by atoms with E-state index in [0.29, 0.717) is 11.4 Å². The van der Waals surface area contributed by atoms with Crippen LogP contribution in [0.1, 0.15) is 10.4 Å². The quantitative estimate of drug-likeness (QED) is 0.886. The number of halogens is 1. The Balaban J connectivity index is 2.33. The smallest absolute Gasteiger partial charge is 0.262 e. The lowest BCUT2D eigenvalue weighted by molar-refractivity contribution is 0.102. The number of pyridine rings is 1. The average molecular weight is 261 g/mol. The van der Waals surface area contributed by atoms with Gasteiger partial charge in [0.15, 0.2) is 0 Å². The molecule has 6 heteroatoms. The molecule has 0 bridgehead atoms. The Labute approximate surface area is 109 Å². The molecule has 5 nitrogen and oxygen atoms in total. The van der Waals surface area contributed by atoms with Crippen molar-refractivity contribution in [3.63, 3.8) is 0 Å². The van der Waals surface area contributed by atoms with Crippen LogP contribution in [-0.4, -0.2) is 18.0 Å². The number of nitrogens with one attached hydrogen (secondary N) is 1. The van der Waals surface area contributed by atoms with Crippen LogP contribution in [0, 0.1) is 5.82 Å². The summed E-state index contributed by atoms with van der Waals surface area (Å²) in [5.74, 6) is -1.14. The number of anilines is 2. The molecule has 0 aliphatic rings. The molecule has 0 unspecified atom stereocenters. The number of carbonyl (C=O) groups is 1. The number of nitrogen functional groups attached to an aromatic ring is 1. The fourth-order valence-corrected chi connectivity index (χ4v) is 1.60. The summed E-state index contributed by atoms with van der Waals surface area (Å²) < 4.78 is 18.7. The average Bonchev–Trinajstić information content (AvgIpc) is 2.40. The first-order valence-corrected chi connectivity index (χ1v) is 5.47. The molecule has 0 aliphatic carbocycles. The van der Waals surface area contributed by atoms with Gasteiger partial charge in [-0.15, -0.1) is 0 Å². The third kappa shape index (κ3) is 2.62. The Bertz CT molecular complexity index is 617. The summed E-state index contributed by atoms with van der Waals surface area (Å²) in [4.78, 5) is 15.9. The van der Waals surface area contributed by atoms with Crippen molar-refractivity contribution in [2.24, 2.45) is 0 Å². The third-order valence-electron chi connectivity index (χ3n) is 2.52. The molecule has 0 spiro atoms. The van der Waals surface area contributed by atoms with E-state index in [1.165, 1.54) is 43.8 Å². The van der Waals surface area contributed by atoms with Gasteiger partial charge in [-0.2, -0.15) is 0 Å². The van der Waals surface area contributed by atoms with Crippen molar-refractivity contribution >= 4 is 17.3 Å². The Hall–Kier alpha value is -2.63. The first-order chi connectivity index (χ1) is 9.13. The number of nitrogens with two attached hydrogens (primary N) is 1. The number of hydrogen-bond donors (Lipinski definition) is 2. The molecule has 1 amide bonds. The van der Waals surface area contributed by atoms with Crippen molar-refractivity contribution in [2.75, 3.05) is 18.2 Å². The fraction of sp³-hybridized carbons (Fsp3) is 0.0769. The van der Waals surface area contributed by atoms with Gasteiger partial charge in [0.1, 0.15) is 17.1 Å². The molecule has 0 fully saturated rings. The van der Waals surface area contributed by atoms with Gasteiger partial charge < -0.3 is 15.8 Å². The van der Waals surface area contributed by atoms with Crippen molar-refractivity contribution in [1.29, 1.82) is 0 Å². The Morgan fingerprint density at radius 1 is 1.42 bits per heavy atom. The van der Waals surface area contributed by atoms with Crippen LogP contribution in [0.15, 0.2) is 36.7 Å². The second-order valence-corrected chi connectivity index (χ2v) is 3.73. The molecule has 1 heterocycles. The molecule has 2 aromatic rings. The van der Waals surface area contributed by atoms with Gasteiger partial charge in [0.25, 0.3) is 5.91 Å². The summed E-state index contributed by atoms with van der Waals surface area (Å²) >= 11 is 0. The summed E-state index contributed by atoms with van der Waals surface area (Å²) in [6.07, 6.45) is 2.87. The summed E-state index contributed by atoms with van der Waals surface area (Å²) in [6.45, 7) is 0. The zero-order chi connectivity index (χ0) is 13.8. The fourth-order valence-electron chi connectivity index (χ4n) is 1.60. The zero-order valence-corrected chi connectivity index (χ0v) is 10.2. The van der Waals surface area contributed by atoms with Gasteiger partial charge in [0.2, 0.25) is 0 Å². The molecule has 98 valence electrons. The molecular formula is C13H12FN3O2. The van der Waals surface area contributed by atoms with Gasteiger partial charge in [-0.25, -0.2) is 4.39 Å². The highest BCUT2D eigenvalue weighted by Crippen LogP contribution is 2.23. The minimum Gasteiger partial charge on any atom is -0.496 e. The van der Waals surface area contributed by atoms with E-state index in [1.54, 1.807) is 0 Å². The molecule has 1 aromatic heterocycles. The van der Waals surface area contributed by atoms with Crippen molar-refractivity contribution in [3.8, 4) is 5.75 Å². The van der Waals surface area contributed by atoms with E-state index in [9.17, 15) is 9.18 Å². The lowest BCUT2D eigenvalue weighted by Crippen LogP contribution is -2.16. The van der Waals surface area contributed by atoms with Crippen molar-refractivity contribution in [1.82, 2.24) is 4.98 Å². The van der Waals surface area contributed by atoms with Crippen LogP contribution in [0.4, 0.5) is 15.8 Å². The third-order valence-corrected chi connectivity index (χ3v) is 2.52. The zero-order valence-electron chi connectivity index (χ0n) is 10.2. The van der Waals surface area contributed by atoms with Gasteiger partial charge >= 0.3 is 0 Å². The minimum absolute atomic E-state index is 0.158.